The van der Waals surface area contributed by atoms with Gasteiger partial charge in [-0.25, -0.2) is 17.8 Å². The number of ether oxygens (including phenoxy) is 2. The number of sulfone groups is 1. The summed E-state index contributed by atoms with van der Waals surface area (Å²) in [6.07, 6.45) is 5.96. The Morgan fingerprint density at radius 3 is 2.54 bits per heavy atom. The summed E-state index contributed by atoms with van der Waals surface area (Å²) in [5.41, 5.74) is 4.43. The molecule has 0 bridgehead atoms. The zero-order chi connectivity index (χ0) is 25.6. The second-order valence-electron chi connectivity index (χ2n) is 8.42. The highest BCUT2D eigenvalue weighted by atomic mass is 32.2. The van der Waals surface area contributed by atoms with Gasteiger partial charge in [0.2, 0.25) is 5.88 Å². The van der Waals surface area contributed by atoms with Gasteiger partial charge >= 0.3 is 5.97 Å². The molecule has 0 saturated heterocycles. The molecule has 3 rings (SSSR count). The topological polar surface area (TPSA) is 103 Å². The molecule has 186 valence electrons. The summed E-state index contributed by atoms with van der Waals surface area (Å²) in [6, 6.07) is 9.05. The van der Waals surface area contributed by atoms with Gasteiger partial charge in [0.25, 0.3) is 0 Å². The zero-order valence-electron chi connectivity index (χ0n) is 19.9. The van der Waals surface area contributed by atoms with Crippen LogP contribution < -0.4 is 9.47 Å². The first-order valence-corrected chi connectivity index (χ1v) is 13.1. The standard InChI is InChI=1S/C26H28FNO6S/c1-17-13-21(33-11-12-35(3,31)32)14-18(2)26(17)23-5-4-6-24(28-23)34-16-19-7-8-20(22(27)15-19)9-10-25(29)30/h4-8,13-14,16H,9-12,15H2,1-3H3,(H,29,30). The fourth-order valence-corrected chi connectivity index (χ4v) is 4.06. The maximum absolute atomic E-state index is 14.3. The molecule has 1 aromatic heterocycles. The fourth-order valence-electron chi connectivity index (χ4n) is 3.67. The highest BCUT2D eigenvalue weighted by molar-refractivity contribution is 7.90. The van der Waals surface area contributed by atoms with Gasteiger partial charge in [-0.2, -0.15) is 0 Å². The molecule has 0 fully saturated rings. The molecule has 1 aliphatic carbocycles. The second kappa shape index (κ2) is 11.3. The number of rotatable bonds is 10. The van der Waals surface area contributed by atoms with Crippen LogP contribution in [-0.4, -0.2) is 43.1 Å². The van der Waals surface area contributed by atoms with Crippen molar-refractivity contribution in [3.8, 4) is 22.9 Å². The summed E-state index contributed by atoms with van der Waals surface area (Å²) in [4.78, 5) is 15.3. The minimum atomic E-state index is -3.10. The van der Waals surface area contributed by atoms with E-state index in [4.69, 9.17) is 14.6 Å². The molecule has 9 heteroatoms. The highest BCUT2D eigenvalue weighted by Crippen LogP contribution is 2.31. The van der Waals surface area contributed by atoms with Gasteiger partial charge in [0.1, 0.15) is 18.2 Å². The number of carboxylic acid groups (broad SMARTS) is 1. The highest BCUT2D eigenvalue weighted by Gasteiger charge is 2.14. The Bertz CT molecular complexity index is 1290. The zero-order valence-corrected chi connectivity index (χ0v) is 20.7. The number of nitrogens with zero attached hydrogens (tertiary/aromatic N) is 1. The summed E-state index contributed by atoms with van der Waals surface area (Å²) in [5.74, 6) is -0.450. The molecule has 7 nitrogen and oxygen atoms in total. The Hall–Kier alpha value is -3.46. The van der Waals surface area contributed by atoms with Gasteiger partial charge in [0, 0.05) is 30.7 Å². The molecular weight excluding hydrogens is 473 g/mol. The van der Waals surface area contributed by atoms with Gasteiger partial charge in [0.15, 0.2) is 9.84 Å². The number of halogens is 1. The number of allylic oxidation sites excluding steroid dienone is 5. The molecule has 0 saturated carbocycles. The van der Waals surface area contributed by atoms with Crippen molar-refractivity contribution >= 4 is 15.8 Å². The summed E-state index contributed by atoms with van der Waals surface area (Å²) in [7, 11) is -3.10. The summed E-state index contributed by atoms with van der Waals surface area (Å²) in [5, 5.41) is 8.77. The predicted octanol–water partition coefficient (Wildman–Crippen LogP) is 5.10. The number of aryl methyl sites for hydroxylation is 2. The van der Waals surface area contributed by atoms with Crippen molar-refractivity contribution in [3.05, 3.63) is 76.8 Å². The SMILES string of the molecule is Cc1cc(OCCS(C)(=O)=O)cc(C)c1-c1cccc(OC=C2C=CC(CCC(=O)O)=C(F)C2)n1. The van der Waals surface area contributed by atoms with Crippen molar-refractivity contribution in [2.45, 2.75) is 33.1 Å². The van der Waals surface area contributed by atoms with E-state index in [0.717, 1.165) is 16.7 Å². The van der Waals surface area contributed by atoms with E-state index in [1.807, 2.05) is 38.1 Å². The number of carboxylic acids is 1. The molecule has 1 heterocycles. The van der Waals surface area contributed by atoms with Crippen molar-refractivity contribution in [2.75, 3.05) is 18.6 Å². The Labute approximate surface area is 204 Å². The molecule has 0 amide bonds. The summed E-state index contributed by atoms with van der Waals surface area (Å²) in [6.45, 7) is 3.93. The third kappa shape index (κ3) is 7.78. The van der Waals surface area contributed by atoms with E-state index >= 15 is 0 Å². The third-order valence-electron chi connectivity index (χ3n) is 5.35. The average Bonchev–Trinajstić information content (AvgIpc) is 2.76. The second-order valence-corrected chi connectivity index (χ2v) is 10.7. The van der Waals surface area contributed by atoms with E-state index in [1.165, 1.54) is 12.5 Å². The lowest BCUT2D eigenvalue weighted by Gasteiger charge is -2.14. The van der Waals surface area contributed by atoms with Crippen LogP contribution in [0.2, 0.25) is 0 Å². The van der Waals surface area contributed by atoms with Crippen molar-refractivity contribution in [1.82, 2.24) is 4.98 Å². The van der Waals surface area contributed by atoms with Crippen LogP contribution in [0.3, 0.4) is 0 Å². The molecule has 1 aliphatic rings. The van der Waals surface area contributed by atoms with E-state index in [0.29, 0.717) is 28.5 Å². The van der Waals surface area contributed by atoms with E-state index < -0.39 is 15.8 Å². The minimum Gasteiger partial charge on any atom is -0.493 e. The van der Waals surface area contributed by atoms with E-state index in [1.54, 1.807) is 18.2 Å². The Morgan fingerprint density at radius 2 is 1.91 bits per heavy atom. The van der Waals surface area contributed by atoms with Gasteiger partial charge in [-0.05, 0) is 60.7 Å². The summed E-state index contributed by atoms with van der Waals surface area (Å²) >= 11 is 0. The van der Waals surface area contributed by atoms with E-state index in [2.05, 4.69) is 4.98 Å². The number of aliphatic carboxylic acids is 1. The van der Waals surface area contributed by atoms with Crippen molar-refractivity contribution < 1.29 is 32.2 Å². The lowest BCUT2D eigenvalue weighted by molar-refractivity contribution is -0.136. The van der Waals surface area contributed by atoms with E-state index in [9.17, 15) is 17.6 Å². The van der Waals surface area contributed by atoms with Crippen LogP contribution in [0.1, 0.15) is 30.4 Å². The van der Waals surface area contributed by atoms with Crippen LogP contribution >= 0.6 is 0 Å². The smallest absolute Gasteiger partial charge is 0.303 e. The fraction of sp³-hybridized carbons (Fsp3) is 0.308. The van der Waals surface area contributed by atoms with Crippen LogP contribution in [0.4, 0.5) is 4.39 Å². The predicted molar refractivity (Wildman–Crippen MR) is 132 cm³/mol. The molecule has 1 N–H and O–H groups in total. The normalized spacial score (nSPS) is 14.9. The first-order chi connectivity index (χ1) is 16.5. The number of pyridine rings is 1. The van der Waals surface area contributed by atoms with E-state index in [-0.39, 0.29) is 37.4 Å². The molecule has 0 radical (unpaired) electrons. The van der Waals surface area contributed by atoms with Crippen LogP contribution in [0.5, 0.6) is 11.6 Å². The lowest BCUT2D eigenvalue weighted by atomic mass is 9.98. The van der Waals surface area contributed by atoms with Gasteiger partial charge in [0.05, 0.1) is 17.7 Å². The molecule has 0 spiro atoms. The largest absolute Gasteiger partial charge is 0.493 e. The van der Waals surface area contributed by atoms with Gasteiger partial charge in [-0.3, -0.25) is 4.79 Å². The molecule has 0 unspecified atom stereocenters. The number of aromatic nitrogens is 1. The first kappa shape index (κ1) is 26.2. The van der Waals surface area contributed by atoms with Gasteiger partial charge in [-0.1, -0.05) is 18.2 Å². The van der Waals surface area contributed by atoms with Gasteiger partial charge in [-0.15, -0.1) is 0 Å². The summed E-state index contributed by atoms with van der Waals surface area (Å²) < 4.78 is 48.2. The van der Waals surface area contributed by atoms with Crippen molar-refractivity contribution in [2.24, 2.45) is 0 Å². The number of carbonyl (C=O) groups is 1. The minimum absolute atomic E-state index is 0.0319. The first-order valence-electron chi connectivity index (χ1n) is 11.0. The van der Waals surface area contributed by atoms with Crippen LogP contribution in [-0.2, 0) is 14.6 Å². The number of hydrogen-bond acceptors (Lipinski definition) is 6. The Balaban J connectivity index is 1.71. The van der Waals surface area contributed by atoms with Crippen LogP contribution in [0.15, 0.2) is 65.7 Å². The van der Waals surface area contributed by atoms with Crippen molar-refractivity contribution in [3.63, 3.8) is 0 Å². The Kier molecular flexibility index (Phi) is 8.45. The lowest BCUT2D eigenvalue weighted by Crippen LogP contribution is -2.12. The van der Waals surface area contributed by atoms with Gasteiger partial charge < -0.3 is 14.6 Å². The van der Waals surface area contributed by atoms with Crippen LogP contribution in [0, 0.1) is 13.8 Å². The Morgan fingerprint density at radius 1 is 1.20 bits per heavy atom. The number of benzene rings is 1. The third-order valence-corrected chi connectivity index (χ3v) is 6.26. The molecule has 2 aromatic rings. The maximum Gasteiger partial charge on any atom is 0.303 e. The number of hydrogen-bond donors (Lipinski definition) is 1. The van der Waals surface area contributed by atoms with Crippen LogP contribution in [0.25, 0.3) is 11.3 Å². The van der Waals surface area contributed by atoms with Crippen molar-refractivity contribution in [1.29, 1.82) is 0 Å². The molecular formula is C26H28FNO6S. The monoisotopic (exact) mass is 501 g/mol. The molecule has 1 aromatic carbocycles. The molecule has 0 atom stereocenters. The molecule has 0 aliphatic heterocycles. The average molecular weight is 502 g/mol. The maximum atomic E-state index is 14.3. The quantitative estimate of drug-likeness (QED) is 0.452. The molecule has 35 heavy (non-hydrogen) atoms.